The summed E-state index contributed by atoms with van der Waals surface area (Å²) in [5, 5.41) is 0.930. The van der Waals surface area contributed by atoms with Crippen LogP contribution in [0.1, 0.15) is 29.4 Å². The molecule has 0 saturated carbocycles. The molecule has 1 unspecified atom stereocenters. The van der Waals surface area contributed by atoms with Crippen molar-refractivity contribution < 1.29 is 9.53 Å². The van der Waals surface area contributed by atoms with Crippen LogP contribution in [0, 0.1) is 5.92 Å². The van der Waals surface area contributed by atoms with Gasteiger partial charge in [-0.3, -0.25) is 4.79 Å². The first-order valence-corrected chi connectivity index (χ1v) is 6.91. The molecule has 0 bridgehead atoms. The Labute approximate surface area is 111 Å². The molecule has 18 heavy (non-hydrogen) atoms. The zero-order valence-electron chi connectivity index (χ0n) is 10.7. The second kappa shape index (κ2) is 5.06. The number of ether oxygens (including phenoxy) is 1. The lowest BCUT2D eigenvalue weighted by Crippen LogP contribution is -2.18. The van der Waals surface area contributed by atoms with Gasteiger partial charge in [-0.25, -0.2) is 0 Å². The van der Waals surface area contributed by atoms with E-state index in [4.69, 9.17) is 16.2 Å². The number of hydrogen-bond acceptors (Lipinski definition) is 5. The minimum Gasteiger partial charge on any atom is -0.492 e. The standard InChI is InChI=1S/C12H19N3O2S/c1-3-7-4-5-15(6-7)12-9(17-2)8(13)10(18-12)11(14)16/h7H,3-6,13H2,1-2H3,(H2,14,16). The van der Waals surface area contributed by atoms with Crippen molar-refractivity contribution >= 4 is 27.9 Å². The molecule has 1 fully saturated rings. The molecular weight excluding hydrogens is 250 g/mol. The summed E-state index contributed by atoms with van der Waals surface area (Å²) in [7, 11) is 1.57. The summed E-state index contributed by atoms with van der Waals surface area (Å²) >= 11 is 1.33. The number of carbonyl (C=O) groups is 1. The third-order valence-corrected chi connectivity index (χ3v) is 4.72. The largest absolute Gasteiger partial charge is 0.492 e. The number of anilines is 2. The minimum absolute atomic E-state index is 0.366. The molecule has 1 aromatic heterocycles. The number of carbonyl (C=O) groups excluding carboxylic acids is 1. The van der Waals surface area contributed by atoms with Crippen LogP contribution in [0.5, 0.6) is 5.75 Å². The normalized spacial score (nSPS) is 19.2. The van der Waals surface area contributed by atoms with E-state index in [1.54, 1.807) is 7.11 Å². The van der Waals surface area contributed by atoms with E-state index in [2.05, 4.69) is 11.8 Å². The summed E-state index contributed by atoms with van der Waals surface area (Å²) < 4.78 is 5.32. The van der Waals surface area contributed by atoms with Gasteiger partial charge < -0.3 is 21.1 Å². The molecule has 1 atom stereocenters. The van der Waals surface area contributed by atoms with Gasteiger partial charge in [0.05, 0.1) is 7.11 Å². The zero-order valence-corrected chi connectivity index (χ0v) is 11.5. The van der Waals surface area contributed by atoms with E-state index in [0.717, 1.165) is 18.1 Å². The Hall–Kier alpha value is -1.43. The van der Waals surface area contributed by atoms with Crippen molar-refractivity contribution in [2.24, 2.45) is 11.7 Å². The summed E-state index contributed by atoms with van der Waals surface area (Å²) in [6.45, 7) is 4.17. The fourth-order valence-electron chi connectivity index (χ4n) is 2.36. The minimum atomic E-state index is -0.492. The number of nitrogen functional groups attached to an aromatic ring is 1. The Bertz CT molecular complexity index is 458. The first-order valence-electron chi connectivity index (χ1n) is 6.09. The van der Waals surface area contributed by atoms with E-state index in [1.165, 1.54) is 24.2 Å². The average Bonchev–Trinajstić information content (AvgIpc) is 2.92. The van der Waals surface area contributed by atoms with Gasteiger partial charge >= 0.3 is 0 Å². The third kappa shape index (κ3) is 2.12. The Morgan fingerprint density at radius 2 is 2.33 bits per heavy atom. The predicted octanol–water partition coefficient (Wildman–Crippen LogP) is 1.67. The predicted molar refractivity (Wildman–Crippen MR) is 74.4 cm³/mol. The summed E-state index contributed by atoms with van der Waals surface area (Å²) in [6, 6.07) is 0. The van der Waals surface area contributed by atoms with Crippen molar-refractivity contribution in [3.63, 3.8) is 0 Å². The number of methoxy groups -OCH3 is 1. The zero-order chi connectivity index (χ0) is 13.3. The van der Waals surface area contributed by atoms with Gasteiger partial charge in [-0.2, -0.15) is 0 Å². The number of rotatable bonds is 4. The Morgan fingerprint density at radius 1 is 1.61 bits per heavy atom. The van der Waals surface area contributed by atoms with Gasteiger partial charge in [0.1, 0.15) is 15.6 Å². The van der Waals surface area contributed by atoms with Crippen LogP contribution >= 0.6 is 11.3 Å². The van der Waals surface area contributed by atoms with Crippen LogP contribution in [0.25, 0.3) is 0 Å². The summed E-state index contributed by atoms with van der Waals surface area (Å²) in [5.41, 5.74) is 11.6. The molecule has 0 spiro atoms. The Kier molecular flexibility index (Phi) is 3.65. The van der Waals surface area contributed by atoms with Crippen LogP contribution in [0.4, 0.5) is 10.7 Å². The first kappa shape index (κ1) is 13.0. The maximum Gasteiger partial charge on any atom is 0.261 e. The molecule has 2 rings (SSSR count). The van der Waals surface area contributed by atoms with Crippen molar-refractivity contribution in [2.75, 3.05) is 30.8 Å². The van der Waals surface area contributed by atoms with Crippen LogP contribution in [-0.4, -0.2) is 26.1 Å². The molecule has 1 aromatic rings. The van der Waals surface area contributed by atoms with E-state index in [0.29, 0.717) is 22.2 Å². The molecular formula is C12H19N3O2S. The van der Waals surface area contributed by atoms with Crippen molar-refractivity contribution in [1.82, 2.24) is 0 Å². The van der Waals surface area contributed by atoms with Gasteiger partial charge in [0.15, 0.2) is 5.75 Å². The van der Waals surface area contributed by atoms with Gasteiger partial charge in [-0.05, 0) is 12.3 Å². The summed E-state index contributed by atoms with van der Waals surface area (Å²) in [4.78, 5) is 13.9. The number of primary amides is 1. The quantitative estimate of drug-likeness (QED) is 0.871. The Balaban J connectivity index is 2.33. The number of amides is 1. The van der Waals surface area contributed by atoms with Crippen LogP contribution in [0.2, 0.25) is 0 Å². The third-order valence-electron chi connectivity index (χ3n) is 3.46. The molecule has 0 aliphatic carbocycles. The lowest BCUT2D eigenvalue weighted by molar-refractivity contribution is 0.100. The average molecular weight is 269 g/mol. The first-order chi connectivity index (χ1) is 8.58. The van der Waals surface area contributed by atoms with Crippen molar-refractivity contribution in [3.8, 4) is 5.75 Å². The smallest absolute Gasteiger partial charge is 0.261 e. The van der Waals surface area contributed by atoms with Crippen LogP contribution in [0.3, 0.4) is 0 Å². The second-order valence-electron chi connectivity index (χ2n) is 4.56. The molecule has 0 aromatic carbocycles. The fraction of sp³-hybridized carbons (Fsp3) is 0.583. The highest BCUT2D eigenvalue weighted by Crippen LogP contribution is 2.46. The number of nitrogens with zero attached hydrogens (tertiary/aromatic N) is 1. The maximum absolute atomic E-state index is 11.3. The SMILES string of the molecule is CCC1CCN(c2sc(C(N)=O)c(N)c2OC)C1. The van der Waals surface area contributed by atoms with E-state index >= 15 is 0 Å². The van der Waals surface area contributed by atoms with Gasteiger partial charge in [0, 0.05) is 13.1 Å². The molecule has 100 valence electrons. The van der Waals surface area contributed by atoms with Gasteiger partial charge in [0.25, 0.3) is 5.91 Å². The van der Waals surface area contributed by atoms with Gasteiger partial charge in [-0.1, -0.05) is 13.3 Å². The van der Waals surface area contributed by atoms with E-state index < -0.39 is 5.91 Å². The Morgan fingerprint density at radius 3 is 2.83 bits per heavy atom. The molecule has 1 aliphatic rings. The second-order valence-corrected chi connectivity index (χ2v) is 5.56. The van der Waals surface area contributed by atoms with Crippen LogP contribution in [0.15, 0.2) is 0 Å². The molecule has 1 saturated heterocycles. The van der Waals surface area contributed by atoms with Crippen molar-refractivity contribution in [1.29, 1.82) is 0 Å². The highest BCUT2D eigenvalue weighted by Gasteiger charge is 2.28. The van der Waals surface area contributed by atoms with Crippen molar-refractivity contribution in [3.05, 3.63) is 4.88 Å². The van der Waals surface area contributed by atoms with E-state index in [1.807, 2.05) is 0 Å². The topological polar surface area (TPSA) is 81.6 Å². The number of nitrogens with two attached hydrogens (primary N) is 2. The molecule has 6 heteroatoms. The highest BCUT2D eigenvalue weighted by atomic mass is 32.1. The molecule has 2 heterocycles. The number of thiophene rings is 1. The number of hydrogen-bond donors (Lipinski definition) is 2. The van der Waals surface area contributed by atoms with Gasteiger partial charge in [0.2, 0.25) is 0 Å². The summed E-state index contributed by atoms with van der Waals surface area (Å²) in [6.07, 6.45) is 2.34. The highest BCUT2D eigenvalue weighted by molar-refractivity contribution is 7.19. The lowest BCUT2D eigenvalue weighted by atomic mass is 10.1. The molecule has 0 radical (unpaired) electrons. The molecule has 1 aliphatic heterocycles. The molecule has 5 nitrogen and oxygen atoms in total. The molecule has 1 amide bonds. The van der Waals surface area contributed by atoms with E-state index in [9.17, 15) is 4.79 Å². The van der Waals surface area contributed by atoms with Crippen LogP contribution < -0.4 is 21.1 Å². The maximum atomic E-state index is 11.3. The monoisotopic (exact) mass is 269 g/mol. The summed E-state index contributed by atoms with van der Waals surface area (Å²) in [5.74, 6) is 0.800. The van der Waals surface area contributed by atoms with Crippen LogP contribution in [-0.2, 0) is 0 Å². The van der Waals surface area contributed by atoms with Crippen molar-refractivity contribution in [2.45, 2.75) is 19.8 Å². The molecule has 4 N–H and O–H groups in total. The lowest BCUT2D eigenvalue weighted by Gasteiger charge is -2.17. The van der Waals surface area contributed by atoms with Gasteiger partial charge in [-0.15, -0.1) is 11.3 Å². The van der Waals surface area contributed by atoms with E-state index in [-0.39, 0.29) is 0 Å². The fourth-order valence-corrected chi connectivity index (χ4v) is 3.43.